The number of aldehydes is 1. The molecule has 0 aliphatic heterocycles. The van der Waals surface area contributed by atoms with Crippen molar-refractivity contribution in [2.45, 2.75) is 26.7 Å². The van der Waals surface area contributed by atoms with Crippen LogP contribution >= 0.6 is 15.9 Å². The van der Waals surface area contributed by atoms with Gasteiger partial charge in [0.15, 0.2) is 0 Å². The molecule has 0 aliphatic carbocycles. The molecular weight excluding hydrogens is 256 g/mol. The summed E-state index contributed by atoms with van der Waals surface area (Å²) in [6.45, 7) is 4.06. The van der Waals surface area contributed by atoms with E-state index in [1.807, 2.05) is 13.8 Å². The monoisotopic (exact) mass is 270 g/mol. The summed E-state index contributed by atoms with van der Waals surface area (Å²) in [5.74, 6) is 0.884. The van der Waals surface area contributed by atoms with Gasteiger partial charge in [0, 0.05) is 16.5 Å². The van der Waals surface area contributed by atoms with Crippen molar-refractivity contribution in [3.05, 3.63) is 27.2 Å². The Morgan fingerprint density at radius 2 is 2.13 bits per heavy atom. The molecular formula is C12H15BrO2. The molecule has 0 aliphatic rings. The summed E-state index contributed by atoms with van der Waals surface area (Å²) < 4.78 is 6.44. The minimum Gasteiger partial charge on any atom is -0.496 e. The topological polar surface area (TPSA) is 26.3 Å². The maximum atomic E-state index is 10.4. The van der Waals surface area contributed by atoms with E-state index in [1.54, 1.807) is 7.11 Å². The number of hydrogen-bond donors (Lipinski definition) is 0. The molecule has 1 rings (SSSR count). The molecule has 1 aromatic rings. The van der Waals surface area contributed by atoms with E-state index < -0.39 is 0 Å². The molecule has 0 heterocycles. The van der Waals surface area contributed by atoms with Crippen LogP contribution in [0.2, 0.25) is 0 Å². The number of benzene rings is 1. The molecule has 0 saturated heterocycles. The summed E-state index contributed by atoms with van der Waals surface area (Å²) in [5, 5.41) is 0. The molecule has 82 valence electrons. The molecule has 0 aromatic heterocycles. The van der Waals surface area contributed by atoms with Gasteiger partial charge in [-0.15, -0.1) is 0 Å². The maximum Gasteiger partial charge on any atom is 0.126 e. The Kier molecular flexibility index (Phi) is 4.33. The third-order valence-corrected chi connectivity index (χ3v) is 3.65. The number of rotatable bonds is 4. The lowest BCUT2D eigenvalue weighted by Crippen LogP contribution is -1.98. The second kappa shape index (κ2) is 5.31. The second-order valence-electron chi connectivity index (χ2n) is 3.53. The highest BCUT2D eigenvalue weighted by atomic mass is 79.9. The molecule has 1 aromatic carbocycles. The number of carbonyl (C=O) groups is 1. The third-order valence-electron chi connectivity index (χ3n) is 2.43. The van der Waals surface area contributed by atoms with Crippen LogP contribution < -0.4 is 4.74 Å². The van der Waals surface area contributed by atoms with Gasteiger partial charge in [0.05, 0.1) is 7.11 Å². The summed E-state index contributed by atoms with van der Waals surface area (Å²) in [7, 11) is 1.66. The van der Waals surface area contributed by atoms with Crippen molar-refractivity contribution in [1.29, 1.82) is 0 Å². The smallest absolute Gasteiger partial charge is 0.126 e. The van der Waals surface area contributed by atoms with Crippen LogP contribution in [-0.4, -0.2) is 13.4 Å². The van der Waals surface area contributed by atoms with Crippen molar-refractivity contribution >= 4 is 22.2 Å². The van der Waals surface area contributed by atoms with Gasteiger partial charge in [-0.05, 0) is 31.4 Å². The van der Waals surface area contributed by atoms with E-state index in [-0.39, 0.29) is 0 Å². The molecule has 2 nitrogen and oxygen atoms in total. The second-order valence-corrected chi connectivity index (χ2v) is 4.32. The number of carbonyl (C=O) groups excluding carboxylic acids is 1. The first-order valence-electron chi connectivity index (χ1n) is 4.88. The minimum atomic E-state index is 0.539. The van der Waals surface area contributed by atoms with Crippen molar-refractivity contribution in [3.8, 4) is 5.75 Å². The van der Waals surface area contributed by atoms with Gasteiger partial charge in [0.1, 0.15) is 12.0 Å². The van der Waals surface area contributed by atoms with Crippen molar-refractivity contribution < 1.29 is 9.53 Å². The lowest BCUT2D eigenvalue weighted by Gasteiger charge is -2.14. The van der Waals surface area contributed by atoms with E-state index in [0.29, 0.717) is 6.42 Å². The van der Waals surface area contributed by atoms with Crippen LogP contribution in [0, 0.1) is 13.8 Å². The molecule has 0 saturated carbocycles. The van der Waals surface area contributed by atoms with E-state index >= 15 is 0 Å². The Balaban J connectivity index is 3.19. The number of halogens is 1. The van der Waals surface area contributed by atoms with Gasteiger partial charge >= 0.3 is 0 Å². The Morgan fingerprint density at radius 3 is 2.67 bits per heavy atom. The maximum absolute atomic E-state index is 10.4. The van der Waals surface area contributed by atoms with Crippen LogP contribution in [-0.2, 0) is 11.2 Å². The standard InChI is InChI=1S/C12H15BrO2/c1-8-7-10(5-4-6-14)12(15-3)9(2)11(8)13/h6-7H,4-5H2,1-3H3. The predicted molar refractivity (Wildman–Crippen MR) is 64.6 cm³/mol. The first-order valence-corrected chi connectivity index (χ1v) is 5.67. The van der Waals surface area contributed by atoms with E-state index in [2.05, 4.69) is 22.0 Å². The highest BCUT2D eigenvalue weighted by molar-refractivity contribution is 9.10. The minimum absolute atomic E-state index is 0.539. The fraction of sp³-hybridized carbons (Fsp3) is 0.417. The average molecular weight is 271 g/mol. The summed E-state index contributed by atoms with van der Waals surface area (Å²) in [6, 6.07) is 2.07. The Bertz CT molecular complexity index is 372. The third kappa shape index (κ3) is 2.59. The van der Waals surface area contributed by atoms with Gasteiger partial charge in [0.25, 0.3) is 0 Å². The number of hydrogen-bond acceptors (Lipinski definition) is 2. The number of aryl methyl sites for hydroxylation is 2. The molecule has 0 fully saturated rings. The summed E-state index contributed by atoms with van der Waals surface area (Å²) >= 11 is 3.52. The molecule has 15 heavy (non-hydrogen) atoms. The van der Waals surface area contributed by atoms with E-state index in [0.717, 1.165) is 34.1 Å². The van der Waals surface area contributed by atoms with Gasteiger partial charge in [0.2, 0.25) is 0 Å². The Morgan fingerprint density at radius 1 is 1.47 bits per heavy atom. The molecule has 0 radical (unpaired) electrons. The first kappa shape index (κ1) is 12.2. The molecule has 0 bridgehead atoms. The molecule has 3 heteroatoms. The van der Waals surface area contributed by atoms with E-state index in [9.17, 15) is 4.79 Å². The molecule has 0 atom stereocenters. The van der Waals surface area contributed by atoms with Gasteiger partial charge in [-0.1, -0.05) is 22.0 Å². The average Bonchev–Trinajstić information content (AvgIpc) is 2.23. The lowest BCUT2D eigenvalue weighted by molar-refractivity contribution is -0.107. The molecule has 0 unspecified atom stereocenters. The lowest BCUT2D eigenvalue weighted by atomic mass is 10.0. The number of methoxy groups -OCH3 is 1. The van der Waals surface area contributed by atoms with Crippen LogP contribution in [0.15, 0.2) is 10.5 Å². The van der Waals surface area contributed by atoms with Gasteiger partial charge < -0.3 is 9.53 Å². The highest BCUT2D eigenvalue weighted by Gasteiger charge is 2.11. The predicted octanol–water partition coefficient (Wildman–Crippen LogP) is 3.21. The Hall–Kier alpha value is -0.830. The van der Waals surface area contributed by atoms with Crippen molar-refractivity contribution in [1.82, 2.24) is 0 Å². The van der Waals surface area contributed by atoms with Gasteiger partial charge in [-0.25, -0.2) is 0 Å². The normalized spacial score (nSPS) is 10.1. The Labute approximate surface area is 98.8 Å². The summed E-state index contributed by atoms with van der Waals surface area (Å²) in [4.78, 5) is 10.4. The zero-order valence-electron chi connectivity index (χ0n) is 9.26. The molecule has 0 spiro atoms. The van der Waals surface area contributed by atoms with Gasteiger partial charge in [-0.2, -0.15) is 0 Å². The van der Waals surface area contributed by atoms with Crippen LogP contribution in [0.3, 0.4) is 0 Å². The van der Waals surface area contributed by atoms with Crippen LogP contribution in [0.25, 0.3) is 0 Å². The summed E-state index contributed by atoms with van der Waals surface area (Å²) in [6.07, 6.45) is 2.21. The molecule has 0 amide bonds. The van der Waals surface area contributed by atoms with E-state index in [4.69, 9.17) is 4.74 Å². The summed E-state index contributed by atoms with van der Waals surface area (Å²) in [5.41, 5.74) is 3.37. The fourth-order valence-corrected chi connectivity index (χ4v) is 2.01. The van der Waals surface area contributed by atoms with Crippen molar-refractivity contribution in [2.75, 3.05) is 7.11 Å². The fourth-order valence-electron chi connectivity index (χ4n) is 1.71. The molecule has 0 N–H and O–H groups in total. The SMILES string of the molecule is COc1c(CCC=O)cc(C)c(Br)c1C. The number of ether oxygens (including phenoxy) is 1. The van der Waals surface area contributed by atoms with Crippen molar-refractivity contribution in [3.63, 3.8) is 0 Å². The zero-order chi connectivity index (χ0) is 11.4. The van der Waals surface area contributed by atoms with Gasteiger partial charge in [-0.3, -0.25) is 0 Å². The zero-order valence-corrected chi connectivity index (χ0v) is 10.8. The van der Waals surface area contributed by atoms with Crippen molar-refractivity contribution in [2.24, 2.45) is 0 Å². The first-order chi connectivity index (χ1) is 7.11. The van der Waals surface area contributed by atoms with Crippen LogP contribution in [0.4, 0.5) is 0 Å². The van der Waals surface area contributed by atoms with Crippen LogP contribution in [0.5, 0.6) is 5.75 Å². The highest BCUT2D eigenvalue weighted by Crippen LogP contribution is 2.33. The van der Waals surface area contributed by atoms with E-state index in [1.165, 1.54) is 5.56 Å². The largest absolute Gasteiger partial charge is 0.496 e. The van der Waals surface area contributed by atoms with Crippen LogP contribution in [0.1, 0.15) is 23.1 Å². The quantitative estimate of drug-likeness (QED) is 0.786.